The van der Waals surface area contributed by atoms with Crippen LogP contribution in [0.15, 0.2) is 0 Å². The lowest BCUT2D eigenvalue weighted by molar-refractivity contribution is 0.255. The van der Waals surface area contributed by atoms with Gasteiger partial charge in [0.05, 0.1) is 6.54 Å². The van der Waals surface area contributed by atoms with Gasteiger partial charge in [0.25, 0.3) is 0 Å². The van der Waals surface area contributed by atoms with Crippen molar-refractivity contribution in [3.63, 3.8) is 0 Å². The molecule has 1 aliphatic carbocycles. The fraction of sp³-hybridized carbons (Fsp3) is 0.846. The van der Waals surface area contributed by atoms with Gasteiger partial charge in [0.2, 0.25) is 0 Å². The summed E-state index contributed by atoms with van der Waals surface area (Å²) in [6.07, 6.45) is 4.97. The van der Waals surface area contributed by atoms with Crippen molar-refractivity contribution in [2.45, 2.75) is 44.7 Å². The van der Waals surface area contributed by atoms with Crippen molar-refractivity contribution < 1.29 is 0 Å². The highest BCUT2D eigenvalue weighted by Crippen LogP contribution is 2.35. The first-order valence-electron chi connectivity index (χ1n) is 7.08. The molecule has 0 amide bonds. The van der Waals surface area contributed by atoms with Crippen LogP contribution in [0.1, 0.15) is 43.3 Å². The van der Waals surface area contributed by atoms with E-state index in [0.29, 0.717) is 5.92 Å². The molecule has 0 radical (unpaired) electrons. The van der Waals surface area contributed by atoms with Crippen molar-refractivity contribution in [2.75, 3.05) is 20.1 Å². The number of nitrogens with two attached hydrogens (primary N) is 1. The van der Waals surface area contributed by atoms with Gasteiger partial charge in [-0.05, 0) is 45.2 Å². The van der Waals surface area contributed by atoms with E-state index >= 15 is 0 Å². The van der Waals surface area contributed by atoms with Gasteiger partial charge in [-0.15, -0.1) is 10.2 Å². The predicted octanol–water partition coefficient (Wildman–Crippen LogP) is 0.956. The van der Waals surface area contributed by atoms with Crippen LogP contribution in [-0.2, 0) is 13.1 Å². The minimum Gasteiger partial charge on any atom is -0.330 e. The zero-order valence-electron chi connectivity index (χ0n) is 11.2. The first-order valence-corrected chi connectivity index (χ1v) is 7.08. The Morgan fingerprint density at radius 3 is 2.67 bits per heavy atom. The third kappa shape index (κ3) is 2.17. The molecule has 1 aromatic rings. The summed E-state index contributed by atoms with van der Waals surface area (Å²) in [4.78, 5) is 2.30. The predicted molar refractivity (Wildman–Crippen MR) is 70.1 cm³/mol. The second-order valence-electron chi connectivity index (χ2n) is 5.82. The van der Waals surface area contributed by atoms with Crippen molar-refractivity contribution in [2.24, 2.45) is 11.7 Å². The first-order chi connectivity index (χ1) is 8.78. The molecule has 0 atom stereocenters. The molecule has 5 heteroatoms. The highest BCUT2D eigenvalue weighted by Gasteiger charge is 2.28. The van der Waals surface area contributed by atoms with Gasteiger partial charge in [-0.1, -0.05) is 0 Å². The Bertz CT molecular complexity index is 406. The van der Waals surface area contributed by atoms with Crippen LogP contribution in [0.2, 0.25) is 0 Å². The van der Waals surface area contributed by atoms with Gasteiger partial charge in [-0.2, -0.15) is 0 Å². The van der Waals surface area contributed by atoms with Crippen LogP contribution in [0.5, 0.6) is 0 Å². The van der Waals surface area contributed by atoms with Crippen LogP contribution >= 0.6 is 0 Å². The van der Waals surface area contributed by atoms with E-state index in [1.165, 1.54) is 31.5 Å². The average Bonchev–Trinajstić information content (AvgIpc) is 2.81. The molecule has 5 nitrogen and oxygen atoms in total. The van der Waals surface area contributed by atoms with Crippen LogP contribution in [-0.4, -0.2) is 39.8 Å². The Morgan fingerprint density at radius 2 is 1.94 bits per heavy atom. The van der Waals surface area contributed by atoms with Crippen molar-refractivity contribution in [1.29, 1.82) is 0 Å². The standard InChI is InChI=1S/C13H23N5/c1-17-6-7-18-12(9-17)15-16-13(18)11-4-2-10(8-14)3-5-11/h10-11H,2-9,14H2,1H3. The molecular formula is C13H23N5. The minimum atomic E-state index is 0.609. The van der Waals surface area contributed by atoms with Gasteiger partial charge >= 0.3 is 0 Å². The maximum Gasteiger partial charge on any atom is 0.147 e. The van der Waals surface area contributed by atoms with Crippen molar-refractivity contribution >= 4 is 0 Å². The lowest BCUT2D eigenvalue weighted by atomic mass is 9.81. The van der Waals surface area contributed by atoms with E-state index < -0.39 is 0 Å². The number of hydrogen-bond donors (Lipinski definition) is 1. The second kappa shape index (κ2) is 4.97. The molecule has 2 N–H and O–H groups in total. The molecule has 2 aliphatic rings. The summed E-state index contributed by atoms with van der Waals surface area (Å²) in [5.74, 6) is 3.71. The molecule has 1 fully saturated rings. The molecule has 1 aromatic heterocycles. The Kier molecular flexibility index (Phi) is 3.35. The van der Waals surface area contributed by atoms with E-state index in [4.69, 9.17) is 5.73 Å². The van der Waals surface area contributed by atoms with Gasteiger partial charge in [0.1, 0.15) is 11.6 Å². The molecule has 0 saturated heterocycles. The van der Waals surface area contributed by atoms with E-state index in [9.17, 15) is 0 Å². The molecule has 18 heavy (non-hydrogen) atoms. The summed E-state index contributed by atoms with van der Waals surface area (Å²) in [5.41, 5.74) is 5.75. The first kappa shape index (κ1) is 12.1. The van der Waals surface area contributed by atoms with Crippen LogP contribution in [0.3, 0.4) is 0 Å². The minimum absolute atomic E-state index is 0.609. The summed E-state index contributed by atoms with van der Waals surface area (Å²) in [6, 6.07) is 0. The summed E-state index contributed by atoms with van der Waals surface area (Å²) in [5, 5.41) is 8.83. The smallest absolute Gasteiger partial charge is 0.147 e. The van der Waals surface area contributed by atoms with Gasteiger partial charge < -0.3 is 10.3 Å². The number of aromatic nitrogens is 3. The van der Waals surface area contributed by atoms with E-state index in [1.807, 2.05) is 0 Å². The number of rotatable bonds is 2. The highest BCUT2D eigenvalue weighted by atomic mass is 15.3. The molecule has 1 saturated carbocycles. The van der Waals surface area contributed by atoms with Gasteiger partial charge in [-0.25, -0.2) is 0 Å². The van der Waals surface area contributed by atoms with Gasteiger partial charge in [-0.3, -0.25) is 4.90 Å². The summed E-state index contributed by atoms with van der Waals surface area (Å²) < 4.78 is 2.35. The van der Waals surface area contributed by atoms with Crippen molar-refractivity contribution in [3.05, 3.63) is 11.6 Å². The molecule has 0 spiro atoms. The SMILES string of the molecule is CN1CCn2c(nnc2C2CCC(CN)CC2)C1. The molecule has 2 heterocycles. The normalized spacial score (nSPS) is 29.2. The van der Waals surface area contributed by atoms with Gasteiger partial charge in [0.15, 0.2) is 0 Å². The summed E-state index contributed by atoms with van der Waals surface area (Å²) >= 11 is 0. The monoisotopic (exact) mass is 249 g/mol. The average molecular weight is 249 g/mol. The zero-order valence-corrected chi connectivity index (χ0v) is 11.2. The number of nitrogens with zero attached hydrogens (tertiary/aromatic N) is 4. The fourth-order valence-electron chi connectivity index (χ4n) is 3.26. The number of hydrogen-bond acceptors (Lipinski definition) is 4. The Hall–Kier alpha value is -0.940. The lowest BCUT2D eigenvalue weighted by Crippen LogP contribution is -2.32. The number of fused-ring (bicyclic) bond motifs is 1. The van der Waals surface area contributed by atoms with E-state index in [1.54, 1.807) is 0 Å². The number of likely N-dealkylation sites (N-methyl/N-ethyl adjacent to an activating group) is 1. The largest absolute Gasteiger partial charge is 0.330 e. The molecule has 0 unspecified atom stereocenters. The quantitative estimate of drug-likeness (QED) is 0.848. The molecule has 0 aromatic carbocycles. The van der Waals surface area contributed by atoms with Gasteiger partial charge in [0, 0.05) is 19.0 Å². The van der Waals surface area contributed by atoms with Crippen LogP contribution in [0, 0.1) is 5.92 Å². The summed E-state index contributed by atoms with van der Waals surface area (Å²) in [7, 11) is 2.14. The maximum atomic E-state index is 5.75. The van der Waals surface area contributed by atoms with Crippen LogP contribution in [0.25, 0.3) is 0 Å². The summed E-state index contributed by atoms with van der Waals surface area (Å²) in [6.45, 7) is 3.93. The third-order valence-electron chi connectivity index (χ3n) is 4.52. The highest BCUT2D eigenvalue weighted by molar-refractivity contribution is 5.05. The Morgan fingerprint density at radius 1 is 1.17 bits per heavy atom. The fourth-order valence-corrected chi connectivity index (χ4v) is 3.26. The molecule has 0 bridgehead atoms. The van der Waals surface area contributed by atoms with Crippen molar-refractivity contribution in [3.8, 4) is 0 Å². The van der Waals surface area contributed by atoms with Crippen molar-refractivity contribution in [1.82, 2.24) is 19.7 Å². The molecule has 100 valence electrons. The van der Waals surface area contributed by atoms with Crippen LogP contribution in [0.4, 0.5) is 0 Å². The molecular weight excluding hydrogens is 226 g/mol. The third-order valence-corrected chi connectivity index (χ3v) is 4.52. The Labute approximate surface area is 108 Å². The molecule has 3 rings (SSSR count). The Balaban J connectivity index is 1.74. The molecule has 1 aliphatic heterocycles. The van der Waals surface area contributed by atoms with E-state index in [0.717, 1.165) is 37.9 Å². The maximum absolute atomic E-state index is 5.75. The topological polar surface area (TPSA) is 60.0 Å². The lowest BCUT2D eigenvalue weighted by Gasteiger charge is -2.29. The van der Waals surface area contributed by atoms with Crippen LogP contribution < -0.4 is 5.73 Å². The van der Waals surface area contributed by atoms with E-state index in [-0.39, 0.29) is 0 Å². The van der Waals surface area contributed by atoms with E-state index in [2.05, 4.69) is 26.7 Å². The second-order valence-corrected chi connectivity index (χ2v) is 5.82. The zero-order chi connectivity index (χ0) is 12.5.